The molecule has 4 rings (SSSR count). The number of hydrogen-bond donors (Lipinski definition) is 1. The van der Waals surface area contributed by atoms with Crippen LogP contribution in [0.1, 0.15) is 22.6 Å². The lowest BCUT2D eigenvalue weighted by atomic mass is 9.93. The molecule has 0 atom stereocenters. The summed E-state index contributed by atoms with van der Waals surface area (Å²) in [7, 11) is -3.59. The first kappa shape index (κ1) is 23.5. The molecule has 0 radical (unpaired) electrons. The highest BCUT2D eigenvalue weighted by molar-refractivity contribution is 7.89. The minimum atomic E-state index is -3.59. The van der Waals surface area contributed by atoms with Gasteiger partial charge >= 0.3 is 0 Å². The smallest absolute Gasteiger partial charge is 0.212 e. The maximum absolute atomic E-state index is 13.0. The first-order valence-electron chi connectivity index (χ1n) is 10.8. The molecule has 0 spiro atoms. The summed E-state index contributed by atoms with van der Waals surface area (Å²) < 4.78 is 39.4. The van der Waals surface area contributed by atoms with Crippen LogP contribution in [0.3, 0.4) is 0 Å². The molecule has 1 heterocycles. The van der Waals surface area contributed by atoms with Crippen molar-refractivity contribution in [1.29, 1.82) is 0 Å². The van der Waals surface area contributed by atoms with Crippen molar-refractivity contribution in [2.75, 3.05) is 18.9 Å². The minimum Gasteiger partial charge on any atom is -0.546 e. The van der Waals surface area contributed by atoms with E-state index in [1.165, 1.54) is 6.26 Å². The summed E-state index contributed by atoms with van der Waals surface area (Å²) >= 11 is 0. The van der Waals surface area contributed by atoms with E-state index in [1.807, 2.05) is 66.7 Å². The van der Waals surface area contributed by atoms with Crippen LogP contribution >= 0.6 is 0 Å². The number of rotatable bonds is 11. The molecule has 0 aliphatic heterocycles. The topological polar surface area (TPSA) is 109 Å². The van der Waals surface area contributed by atoms with Gasteiger partial charge in [-0.1, -0.05) is 72.8 Å². The number of hydrogen-bond acceptors (Lipinski definition) is 6. The summed E-state index contributed by atoms with van der Waals surface area (Å²) in [6.45, 7) is -0.393. The molecule has 8 heteroatoms. The van der Waals surface area contributed by atoms with Gasteiger partial charge in [-0.05, 0) is 29.2 Å². The Morgan fingerprint density at radius 2 is 1.59 bits per heavy atom. The van der Waals surface area contributed by atoms with Crippen molar-refractivity contribution in [3.8, 4) is 5.75 Å². The Kier molecular flexibility index (Phi) is 7.30. The molecule has 34 heavy (non-hydrogen) atoms. The summed E-state index contributed by atoms with van der Waals surface area (Å²) in [6.07, 6.45) is 1.93. The van der Waals surface area contributed by atoms with E-state index >= 15 is 0 Å². The van der Waals surface area contributed by atoms with Gasteiger partial charge in [-0.25, -0.2) is 13.1 Å². The largest absolute Gasteiger partial charge is 0.546 e. The Bertz CT molecular complexity index is 1310. The highest BCUT2D eigenvalue weighted by Crippen LogP contribution is 2.30. The van der Waals surface area contributed by atoms with Crippen LogP contribution in [0.25, 0.3) is 11.0 Å². The second kappa shape index (κ2) is 10.5. The number of carboxylic acids is 1. The predicted molar refractivity (Wildman–Crippen MR) is 127 cm³/mol. The van der Waals surface area contributed by atoms with Crippen molar-refractivity contribution >= 4 is 27.0 Å². The average Bonchev–Trinajstić information content (AvgIpc) is 3.26. The van der Waals surface area contributed by atoms with Gasteiger partial charge in [0.15, 0.2) is 11.3 Å². The molecule has 0 amide bonds. The Morgan fingerprint density at radius 3 is 2.21 bits per heavy atom. The molecule has 0 aliphatic carbocycles. The van der Waals surface area contributed by atoms with Crippen molar-refractivity contribution in [1.82, 2.24) is 4.72 Å². The molecule has 0 saturated heterocycles. The Hall–Kier alpha value is -3.62. The van der Waals surface area contributed by atoms with E-state index in [4.69, 9.17) is 9.15 Å². The van der Waals surface area contributed by atoms with Crippen molar-refractivity contribution in [3.05, 3.63) is 102 Å². The lowest BCUT2D eigenvalue weighted by Crippen LogP contribution is -2.31. The Balaban J connectivity index is 1.44. The van der Waals surface area contributed by atoms with Crippen LogP contribution in [0.4, 0.5) is 0 Å². The first-order valence-corrected chi connectivity index (χ1v) is 12.5. The Labute approximate surface area is 198 Å². The van der Waals surface area contributed by atoms with E-state index in [1.54, 1.807) is 12.1 Å². The number of carbonyl (C=O) groups is 1. The second-order valence-corrected chi connectivity index (χ2v) is 9.71. The molecule has 7 nitrogen and oxygen atoms in total. The number of nitrogens with one attached hydrogen (secondary N) is 1. The third kappa shape index (κ3) is 5.84. The number of furan rings is 1. The first-order chi connectivity index (χ1) is 16.4. The number of carbonyl (C=O) groups excluding carboxylic acids is 1. The summed E-state index contributed by atoms with van der Waals surface area (Å²) in [4.78, 5) is 10.7. The molecule has 0 bridgehead atoms. The fourth-order valence-corrected chi connectivity index (χ4v) is 5.26. The van der Waals surface area contributed by atoms with Gasteiger partial charge < -0.3 is 19.1 Å². The number of benzene rings is 3. The summed E-state index contributed by atoms with van der Waals surface area (Å²) in [6, 6.07) is 24.3. The van der Waals surface area contributed by atoms with Gasteiger partial charge in [0.05, 0.1) is 18.0 Å². The molecular weight excluding hydrogens is 454 g/mol. The summed E-state index contributed by atoms with van der Waals surface area (Å²) in [5.41, 5.74) is 3.07. The molecule has 0 fully saturated rings. The van der Waals surface area contributed by atoms with Crippen molar-refractivity contribution in [3.63, 3.8) is 0 Å². The Morgan fingerprint density at radius 1 is 0.941 bits per heavy atom. The zero-order valence-corrected chi connectivity index (χ0v) is 19.2. The van der Waals surface area contributed by atoms with Crippen LogP contribution in [0, 0.1) is 0 Å². The lowest BCUT2D eigenvalue weighted by molar-refractivity contribution is -0.307. The summed E-state index contributed by atoms with van der Waals surface area (Å²) in [5.74, 6) is -1.41. The van der Waals surface area contributed by atoms with Gasteiger partial charge in [-0.15, -0.1) is 0 Å². The predicted octanol–water partition coefficient (Wildman–Crippen LogP) is 2.86. The number of carboxylic acid groups (broad SMARTS) is 1. The molecule has 176 valence electrons. The fraction of sp³-hybridized carbons (Fsp3) is 0.192. The monoisotopic (exact) mass is 478 g/mol. The number of fused-ring (bicyclic) bond motifs is 1. The van der Waals surface area contributed by atoms with Gasteiger partial charge in [0.1, 0.15) is 6.61 Å². The van der Waals surface area contributed by atoms with Crippen molar-refractivity contribution in [2.45, 2.75) is 12.3 Å². The molecular formula is C26H24NO6S-. The van der Waals surface area contributed by atoms with Crippen LogP contribution in [0.5, 0.6) is 5.75 Å². The zero-order chi connectivity index (χ0) is 24.0. The average molecular weight is 479 g/mol. The van der Waals surface area contributed by atoms with Gasteiger partial charge in [-0.3, -0.25) is 0 Å². The molecule has 0 saturated carbocycles. The maximum Gasteiger partial charge on any atom is 0.212 e. The molecule has 0 unspecified atom stereocenters. The van der Waals surface area contributed by atoms with Crippen LogP contribution in [-0.4, -0.2) is 33.3 Å². The SMILES string of the molecule is O=C([O-])COc1cccc2c(CCNS(=O)(=O)CC(c3ccccc3)c3ccccc3)coc12. The normalized spacial score (nSPS) is 11.7. The summed E-state index contributed by atoms with van der Waals surface area (Å²) in [5, 5.41) is 11.4. The molecule has 0 aliphatic rings. The third-order valence-corrected chi connectivity index (χ3v) is 6.91. The van der Waals surface area contributed by atoms with Gasteiger partial charge in [-0.2, -0.15) is 0 Å². The van der Waals surface area contributed by atoms with E-state index in [2.05, 4.69) is 4.72 Å². The van der Waals surface area contributed by atoms with Gasteiger partial charge in [0.25, 0.3) is 0 Å². The third-order valence-electron chi connectivity index (χ3n) is 5.50. The van der Waals surface area contributed by atoms with Gasteiger partial charge in [0, 0.05) is 17.8 Å². The molecule has 1 N–H and O–H groups in total. The van der Waals surface area contributed by atoms with Crippen molar-refractivity contribution in [2.24, 2.45) is 0 Å². The van der Waals surface area contributed by atoms with Crippen LogP contribution in [0.15, 0.2) is 89.5 Å². The highest BCUT2D eigenvalue weighted by atomic mass is 32.2. The molecule has 3 aromatic carbocycles. The number of sulfonamides is 1. The maximum atomic E-state index is 13.0. The van der Waals surface area contributed by atoms with E-state index in [9.17, 15) is 18.3 Å². The standard InChI is InChI=1S/C26H25NO6S/c28-25(29)17-32-24-13-7-12-22-21(16-33-26(22)24)14-15-27-34(30,31)18-23(19-8-3-1-4-9-19)20-10-5-2-6-11-20/h1-13,16,23,27H,14-15,17-18H2,(H,28,29)/p-1. The highest BCUT2D eigenvalue weighted by Gasteiger charge is 2.22. The zero-order valence-electron chi connectivity index (χ0n) is 18.3. The fourth-order valence-electron chi connectivity index (χ4n) is 3.90. The minimum absolute atomic E-state index is 0.0750. The van der Waals surface area contributed by atoms with Crippen LogP contribution in [-0.2, 0) is 21.2 Å². The number of para-hydroxylation sites is 1. The van der Waals surface area contributed by atoms with Crippen LogP contribution < -0.4 is 14.6 Å². The lowest BCUT2D eigenvalue weighted by Gasteiger charge is -2.18. The van der Waals surface area contributed by atoms with Crippen molar-refractivity contribution < 1.29 is 27.5 Å². The van der Waals surface area contributed by atoms with E-state index in [-0.39, 0.29) is 18.2 Å². The van der Waals surface area contributed by atoms with Crippen LogP contribution in [0.2, 0.25) is 0 Å². The van der Waals surface area contributed by atoms with Gasteiger partial charge in [0.2, 0.25) is 10.0 Å². The van der Waals surface area contributed by atoms with E-state index < -0.39 is 22.6 Å². The quantitative estimate of drug-likeness (QED) is 0.355. The molecule has 4 aromatic rings. The molecule has 1 aromatic heterocycles. The second-order valence-electron chi connectivity index (χ2n) is 7.85. The number of ether oxygens (including phenoxy) is 1. The van der Waals surface area contributed by atoms with E-state index in [0.717, 1.165) is 22.1 Å². The van der Waals surface area contributed by atoms with E-state index in [0.29, 0.717) is 17.8 Å². The number of aliphatic carboxylic acids is 1.